The van der Waals surface area contributed by atoms with Gasteiger partial charge in [0.15, 0.2) is 0 Å². The van der Waals surface area contributed by atoms with E-state index in [1.165, 1.54) is 5.56 Å². The van der Waals surface area contributed by atoms with Crippen LogP contribution in [-0.2, 0) is 13.1 Å². The highest BCUT2D eigenvalue weighted by atomic mass is 35.5. The van der Waals surface area contributed by atoms with Crippen molar-refractivity contribution < 1.29 is 0 Å². The van der Waals surface area contributed by atoms with E-state index in [1.807, 2.05) is 37.5 Å². The second-order valence-corrected chi connectivity index (χ2v) is 5.56. The number of pyridine rings is 1. The van der Waals surface area contributed by atoms with Crippen LogP contribution in [-0.4, -0.2) is 18.6 Å². The second kappa shape index (κ2) is 8.01. The van der Waals surface area contributed by atoms with Crippen LogP contribution in [0.15, 0.2) is 42.6 Å². The molecule has 0 aliphatic heterocycles. The summed E-state index contributed by atoms with van der Waals surface area (Å²) in [6.45, 7) is 4.82. The highest BCUT2D eigenvalue weighted by molar-refractivity contribution is 6.31. The summed E-state index contributed by atoms with van der Waals surface area (Å²) in [5.74, 6) is 0.953. The van der Waals surface area contributed by atoms with Gasteiger partial charge in [0.25, 0.3) is 0 Å². The molecule has 1 aromatic heterocycles. The number of anilines is 1. The van der Waals surface area contributed by atoms with Gasteiger partial charge in [-0.1, -0.05) is 42.8 Å². The first kappa shape index (κ1) is 15.8. The highest BCUT2D eigenvalue weighted by Gasteiger charge is 2.06. The summed E-state index contributed by atoms with van der Waals surface area (Å²) in [6.07, 6.45) is 3.08. The number of hydrogen-bond acceptors (Lipinski definition) is 3. The first-order valence-electron chi connectivity index (χ1n) is 7.31. The summed E-state index contributed by atoms with van der Waals surface area (Å²) < 4.78 is 0. The van der Waals surface area contributed by atoms with E-state index in [0.717, 1.165) is 42.5 Å². The van der Waals surface area contributed by atoms with E-state index in [1.54, 1.807) is 0 Å². The molecule has 0 aliphatic carbocycles. The molecule has 0 unspecified atom stereocenters. The minimum Gasteiger partial charge on any atom is -0.355 e. The number of aromatic nitrogens is 1. The topological polar surface area (TPSA) is 28.2 Å². The first-order chi connectivity index (χ1) is 10.2. The number of nitrogens with zero attached hydrogens (tertiary/aromatic N) is 2. The summed E-state index contributed by atoms with van der Waals surface area (Å²) in [6, 6.07) is 12.1. The maximum atomic E-state index is 6.20. The van der Waals surface area contributed by atoms with Gasteiger partial charge in [-0.2, -0.15) is 0 Å². The smallest absolute Gasteiger partial charge is 0.128 e. The Morgan fingerprint density at radius 3 is 2.67 bits per heavy atom. The molecule has 3 nitrogen and oxygen atoms in total. The van der Waals surface area contributed by atoms with Gasteiger partial charge in [-0.25, -0.2) is 4.98 Å². The van der Waals surface area contributed by atoms with Gasteiger partial charge >= 0.3 is 0 Å². The van der Waals surface area contributed by atoms with E-state index < -0.39 is 0 Å². The van der Waals surface area contributed by atoms with Crippen molar-refractivity contribution in [2.75, 3.05) is 18.5 Å². The van der Waals surface area contributed by atoms with Crippen LogP contribution in [0.4, 0.5) is 5.82 Å². The zero-order valence-corrected chi connectivity index (χ0v) is 13.4. The molecule has 21 heavy (non-hydrogen) atoms. The summed E-state index contributed by atoms with van der Waals surface area (Å²) in [4.78, 5) is 6.63. The molecule has 112 valence electrons. The van der Waals surface area contributed by atoms with Crippen molar-refractivity contribution in [2.24, 2.45) is 0 Å². The normalized spacial score (nSPS) is 10.6. The van der Waals surface area contributed by atoms with Crippen LogP contribution in [0.3, 0.4) is 0 Å². The molecule has 0 saturated carbocycles. The third kappa shape index (κ3) is 4.73. The third-order valence-electron chi connectivity index (χ3n) is 3.32. The quantitative estimate of drug-likeness (QED) is 0.787. The lowest BCUT2D eigenvalue weighted by Gasteiger charge is -2.19. The van der Waals surface area contributed by atoms with E-state index in [4.69, 9.17) is 11.6 Å². The van der Waals surface area contributed by atoms with Crippen LogP contribution < -0.4 is 10.2 Å². The van der Waals surface area contributed by atoms with Crippen molar-refractivity contribution in [3.05, 3.63) is 58.7 Å². The minimum absolute atomic E-state index is 0.750. The van der Waals surface area contributed by atoms with E-state index >= 15 is 0 Å². The second-order valence-electron chi connectivity index (χ2n) is 5.15. The fourth-order valence-electron chi connectivity index (χ4n) is 2.12. The number of hydrogen-bond donors (Lipinski definition) is 1. The fraction of sp³-hybridized carbons (Fsp3) is 0.353. The predicted octanol–water partition coefficient (Wildman–Crippen LogP) is 3.87. The average Bonchev–Trinajstić information content (AvgIpc) is 2.50. The van der Waals surface area contributed by atoms with E-state index in [0.29, 0.717) is 0 Å². The van der Waals surface area contributed by atoms with Gasteiger partial charge in [0.05, 0.1) is 0 Å². The predicted molar refractivity (Wildman–Crippen MR) is 89.8 cm³/mol. The van der Waals surface area contributed by atoms with Crippen molar-refractivity contribution in [3.63, 3.8) is 0 Å². The van der Waals surface area contributed by atoms with E-state index in [-0.39, 0.29) is 0 Å². The van der Waals surface area contributed by atoms with Crippen LogP contribution in [0, 0.1) is 0 Å². The molecule has 2 aromatic rings. The molecule has 1 heterocycles. The van der Waals surface area contributed by atoms with E-state index in [2.05, 4.69) is 34.3 Å². The van der Waals surface area contributed by atoms with E-state index in [9.17, 15) is 0 Å². The van der Waals surface area contributed by atoms with Crippen molar-refractivity contribution in [1.82, 2.24) is 10.3 Å². The van der Waals surface area contributed by atoms with Gasteiger partial charge in [0.1, 0.15) is 5.82 Å². The van der Waals surface area contributed by atoms with Crippen LogP contribution >= 0.6 is 11.6 Å². The molecular formula is C17H22ClN3. The Labute approximate surface area is 132 Å². The maximum absolute atomic E-state index is 6.20. The zero-order chi connectivity index (χ0) is 15.1. The molecule has 4 heteroatoms. The summed E-state index contributed by atoms with van der Waals surface area (Å²) >= 11 is 6.20. The Morgan fingerprint density at radius 1 is 1.19 bits per heavy atom. The summed E-state index contributed by atoms with van der Waals surface area (Å²) in [5, 5.41) is 4.17. The van der Waals surface area contributed by atoms with Gasteiger partial charge in [0.2, 0.25) is 0 Å². The van der Waals surface area contributed by atoms with Gasteiger partial charge < -0.3 is 10.2 Å². The average molecular weight is 304 g/mol. The lowest BCUT2D eigenvalue weighted by molar-refractivity contribution is 0.673. The SMILES string of the molecule is CCCNCc1ccc(N(C)Cc2ccccc2Cl)nc1. The fourth-order valence-corrected chi connectivity index (χ4v) is 2.32. The molecule has 0 fully saturated rings. The summed E-state index contributed by atoms with van der Waals surface area (Å²) in [7, 11) is 2.03. The third-order valence-corrected chi connectivity index (χ3v) is 3.69. The van der Waals surface area contributed by atoms with Gasteiger partial charge in [-0.15, -0.1) is 0 Å². The summed E-state index contributed by atoms with van der Waals surface area (Å²) in [5.41, 5.74) is 2.32. The maximum Gasteiger partial charge on any atom is 0.128 e. The minimum atomic E-state index is 0.750. The molecule has 0 aliphatic rings. The molecule has 1 aromatic carbocycles. The molecule has 0 radical (unpaired) electrons. The first-order valence-corrected chi connectivity index (χ1v) is 7.68. The molecule has 0 spiro atoms. The number of rotatable bonds is 7. The Hall–Kier alpha value is -1.58. The molecule has 0 saturated heterocycles. The van der Waals surface area contributed by atoms with Crippen molar-refractivity contribution in [2.45, 2.75) is 26.4 Å². The number of halogens is 1. The largest absolute Gasteiger partial charge is 0.355 e. The zero-order valence-electron chi connectivity index (χ0n) is 12.6. The van der Waals surface area contributed by atoms with Crippen molar-refractivity contribution in [1.29, 1.82) is 0 Å². The van der Waals surface area contributed by atoms with Crippen LogP contribution in [0.1, 0.15) is 24.5 Å². The standard InChI is InChI=1S/C17H22ClN3/c1-3-10-19-11-14-8-9-17(20-12-14)21(2)13-15-6-4-5-7-16(15)18/h4-9,12,19H,3,10-11,13H2,1-2H3. The highest BCUT2D eigenvalue weighted by Crippen LogP contribution is 2.19. The molecule has 0 atom stereocenters. The van der Waals surface area contributed by atoms with Crippen LogP contribution in [0.25, 0.3) is 0 Å². The monoisotopic (exact) mass is 303 g/mol. The lowest BCUT2D eigenvalue weighted by atomic mass is 10.2. The molecular weight excluding hydrogens is 282 g/mol. The van der Waals surface area contributed by atoms with Gasteiger partial charge in [-0.05, 0) is 36.2 Å². The lowest BCUT2D eigenvalue weighted by Crippen LogP contribution is -2.18. The van der Waals surface area contributed by atoms with Crippen molar-refractivity contribution in [3.8, 4) is 0 Å². The molecule has 0 amide bonds. The molecule has 2 rings (SSSR count). The van der Waals surface area contributed by atoms with Crippen LogP contribution in [0.2, 0.25) is 5.02 Å². The van der Waals surface area contributed by atoms with Crippen LogP contribution in [0.5, 0.6) is 0 Å². The molecule has 1 N–H and O–H groups in total. The Morgan fingerprint density at radius 2 is 2.00 bits per heavy atom. The van der Waals surface area contributed by atoms with Gasteiger partial charge in [0, 0.05) is 31.4 Å². The number of benzene rings is 1. The van der Waals surface area contributed by atoms with Gasteiger partial charge in [-0.3, -0.25) is 0 Å². The Bertz CT molecular complexity index is 554. The Balaban J connectivity index is 1.96. The Kier molecular flexibility index (Phi) is 6.03. The number of nitrogens with one attached hydrogen (secondary N) is 1. The molecule has 0 bridgehead atoms. The van der Waals surface area contributed by atoms with Crippen molar-refractivity contribution >= 4 is 17.4 Å².